The zero-order chi connectivity index (χ0) is 16.3. The van der Waals surface area contributed by atoms with Gasteiger partial charge in [-0.25, -0.2) is 14.5 Å². The summed E-state index contributed by atoms with van der Waals surface area (Å²) in [6.45, 7) is 3.82. The average Bonchev–Trinajstić information content (AvgIpc) is 2.97. The van der Waals surface area contributed by atoms with Gasteiger partial charge in [0.1, 0.15) is 6.54 Å². The molecule has 0 spiro atoms. The molecule has 0 unspecified atom stereocenters. The fraction of sp³-hybridized carbons (Fsp3) is 0.417. The van der Waals surface area contributed by atoms with E-state index in [4.69, 9.17) is 0 Å². The lowest BCUT2D eigenvalue weighted by Crippen LogP contribution is -2.27. The standard InChI is InChI=1S/C12H17N7O2S/c1-7-8(2)22-11(13-7)15-10(20)6-19-5-9(16-17-19)14-12(21)18(3)4/h5H,6H2,1-4H3,(H,14,21)(H,13,15,20). The summed E-state index contributed by atoms with van der Waals surface area (Å²) in [4.78, 5) is 30.1. The summed E-state index contributed by atoms with van der Waals surface area (Å²) in [5.41, 5.74) is 0.898. The van der Waals surface area contributed by atoms with Crippen molar-refractivity contribution in [3.05, 3.63) is 16.8 Å². The fourth-order valence-corrected chi connectivity index (χ4v) is 2.32. The fourth-order valence-electron chi connectivity index (χ4n) is 1.49. The largest absolute Gasteiger partial charge is 0.331 e. The second kappa shape index (κ2) is 6.52. The van der Waals surface area contributed by atoms with E-state index in [-0.39, 0.29) is 24.3 Å². The summed E-state index contributed by atoms with van der Waals surface area (Å²) in [6.07, 6.45) is 1.49. The molecule has 2 aromatic heterocycles. The van der Waals surface area contributed by atoms with Gasteiger partial charge in [0.15, 0.2) is 10.9 Å². The van der Waals surface area contributed by atoms with Gasteiger partial charge in [-0.3, -0.25) is 10.1 Å². The van der Waals surface area contributed by atoms with Crippen LogP contribution in [-0.2, 0) is 11.3 Å². The molecule has 2 N–H and O–H groups in total. The number of hydrogen-bond acceptors (Lipinski definition) is 6. The molecule has 0 aliphatic heterocycles. The first-order valence-electron chi connectivity index (χ1n) is 6.47. The van der Waals surface area contributed by atoms with Crippen molar-refractivity contribution in [2.24, 2.45) is 0 Å². The lowest BCUT2D eigenvalue weighted by Gasteiger charge is -2.08. The monoisotopic (exact) mass is 323 g/mol. The Hall–Kier alpha value is -2.49. The second-order valence-electron chi connectivity index (χ2n) is 4.83. The van der Waals surface area contributed by atoms with E-state index in [9.17, 15) is 9.59 Å². The van der Waals surface area contributed by atoms with Crippen LogP contribution in [0.2, 0.25) is 0 Å². The summed E-state index contributed by atoms with van der Waals surface area (Å²) >= 11 is 1.42. The highest BCUT2D eigenvalue weighted by Gasteiger charge is 2.11. The van der Waals surface area contributed by atoms with Crippen LogP contribution in [-0.4, -0.2) is 50.9 Å². The summed E-state index contributed by atoms with van der Waals surface area (Å²) in [5.74, 6) is 0.0246. The molecular weight excluding hydrogens is 306 g/mol. The van der Waals surface area contributed by atoms with Crippen LogP contribution >= 0.6 is 11.3 Å². The third-order valence-corrected chi connectivity index (χ3v) is 3.75. The van der Waals surface area contributed by atoms with E-state index in [2.05, 4.69) is 25.9 Å². The Balaban J connectivity index is 1.92. The van der Waals surface area contributed by atoms with Crippen molar-refractivity contribution in [2.45, 2.75) is 20.4 Å². The number of carbonyl (C=O) groups excluding carboxylic acids is 2. The van der Waals surface area contributed by atoms with Crippen LogP contribution in [0.3, 0.4) is 0 Å². The van der Waals surface area contributed by atoms with Gasteiger partial charge in [0.2, 0.25) is 5.91 Å². The molecule has 2 heterocycles. The normalized spacial score (nSPS) is 10.4. The van der Waals surface area contributed by atoms with Gasteiger partial charge in [-0.2, -0.15) is 0 Å². The average molecular weight is 323 g/mol. The number of rotatable bonds is 4. The molecule has 2 rings (SSSR count). The second-order valence-corrected chi connectivity index (χ2v) is 6.04. The summed E-state index contributed by atoms with van der Waals surface area (Å²) in [5, 5.41) is 13.4. The Morgan fingerprint density at radius 1 is 1.32 bits per heavy atom. The molecule has 0 aliphatic rings. The number of carbonyl (C=O) groups is 2. The zero-order valence-corrected chi connectivity index (χ0v) is 13.6. The third-order valence-electron chi connectivity index (χ3n) is 2.76. The van der Waals surface area contributed by atoms with E-state index in [1.54, 1.807) is 14.1 Å². The van der Waals surface area contributed by atoms with Crippen LogP contribution in [0, 0.1) is 13.8 Å². The van der Waals surface area contributed by atoms with Crippen molar-refractivity contribution in [3.63, 3.8) is 0 Å². The maximum absolute atomic E-state index is 11.9. The maximum Gasteiger partial charge on any atom is 0.322 e. The van der Waals surface area contributed by atoms with Crippen LogP contribution < -0.4 is 10.6 Å². The molecule has 0 bridgehead atoms. The first-order valence-corrected chi connectivity index (χ1v) is 7.29. The SMILES string of the molecule is Cc1nc(NC(=O)Cn2cc(NC(=O)N(C)C)nn2)sc1C. The van der Waals surface area contributed by atoms with Crippen LogP contribution in [0.1, 0.15) is 10.6 Å². The number of nitrogens with one attached hydrogen (secondary N) is 2. The van der Waals surface area contributed by atoms with Crippen molar-refractivity contribution >= 4 is 34.2 Å². The van der Waals surface area contributed by atoms with Gasteiger partial charge in [0.25, 0.3) is 0 Å². The van der Waals surface area contributed by atoms with Gasteiger partial charge in [0.05, 0.1) is 11.9 Å². The van der Waals surface area contributed by atoms with E-state index in [1.165, 1.54) is 27.1 Å². The van der Waals surface area contributed by atoms with E-state index in [0.29, 0.717) is 5.13 Å². The minimum Gasteiger partial charge on any atom is -0.331 e. The lowest BCUT2D eigenvalue weighted by molar-refractivity contribution is -0.116. The molecule has 0 saturated heterocycles. The van der Waals surface area contributed by atoms with Crippen molar-refractivity contribution in [3.8, 4) is 0 Å². The van der Waals surface area contributed by atoms with Crippen LogP contribution in [0.15, 0.2) is 6.20 Å². The van der Waals surface area contributed by atoms with Crippen LogP contribution in [0.4, 0.5) is 15.7 Å². The number of aromatic nitrogens is 4. The predicted octanol–water partition coefficient (Wildman–Crippen LogP) is 1.08. The summed E-state index contributed by atoms with van der Waals surface area (Å²) in [7, 11) is 3.23. The third kappa shape index (κ3) is 4.01. The first-order chi connectivity index (χ1) is 10.3. The molecule has 0 atom stereocenters. The van der Waals surface area contributed by atoms with Crippen LogP contribution in [0.25, 0.3) is 0 Å². The van der Waals surface area contributed by atoms with Crippen LogP contribution in [0.5, 0.6) is 0 Å². The van der Waals surface area contributed by atoms with Crippen molar-refractivity contribution < 1.29 is 9.59 Å². The van der Waals surface area contributed by atoms with Crippen molar-refractivity contribution in [1.82, 2.24) is 24.9 Å². The molecule has 0 aliphatic carbocycles. The number of thiazole rings is 1. The minimum atomic E-state index is -0.315. The Kier molecular flexibility index (Phi) is 4.71. The van der Waals surface area contributed by atoms with Crippen molar-refractivity contribution in [2.75, 3.05) is 24.7 Å². The van der Waals surface area contributed by atoms with Gasteiger partial charge in [-0.15, -0.1) is 16.4 Å². The van der Waals surface area contributed by atoms with Gasteiger partial charge >= 0.3 is 6.03 Å². The van der Waals surface area contributed by atoms with E-state index in [0.717, 1.165) is 10.6 Å². The van der Waals surface area contributed by atoms with E-state index in [1.807, 2.05) is 13.8 Å². The maximum atomic E-state index is 11.9. The molecule has 3 amide bonds. The highest BCUT2D eigenvalue weighted by Crippen LogP contribution is 2.20. The molecule has 118 valence electrons. The highest BCUT2D eigenvalue weighted by atomic mass is 32.1. The Morgan fingerprint density at radius 2 is 2.05 bits per heavy atom. The molecule has 0 saturated carbocycles. The molecule has 0 aromatic carbocycles. The molecule has 0 radical (unpaired) electrons. The minimum absolute atomic E-state index is 0.0114. The highest BCUT2D eigenvalue weighted by molar-refractivity contribution is 7.15. The van der Waals surface area contributed by atoms with E-state index >= 15 is 0 Å². The summed E-state index contributed by atoms with van der Waals surface area (Å²) < 4.78 is 1.34. The molecule has 10 heteroatoms. The molecule has 22 heavy (non-hydrogen) atoms. The molecule has 2 aromatic rings. The Bertz CT molecular complexity index is 672. The zero-order valence-electron chi connectivity index (χ0n) is 12.7. The molecule has 0 fully saturated rings. The van der Waals surface area contributed by atoms with Gasteiger partial charge < -0.3 is 10.2 Å². The topological polar surface area (TPSA) is 105 Å². The number of anilines is 2. The number of aryl methyl sites for hydroxylation is 2. The molecular formula is C12H17N7O2S. The smallest absolute Gasteiger partial charge is 0.322 e. The quantitative estimate of drug-likeness (QED) is 0.876. The number of nitrogens with zero attached hydrogens (tertiary/aromatic N) is 5. The van der Waals surface area contributed by atoms with Gasteiger partial charge in [0, 0.05) is 19.0 Å². The van der Waals surface area contributed by atoms with Crippen molar-refractivity contribution in [1.29, 1.82) is 0 Å². The van der Waals surface area contributed by atoms with Gasteiger partial charge in [-0.1, -0.05) is 5.21 Å². The Morgan fingerprint density at radius 3 is 2.64 bits per heavy atom. The molecule has 9 nitrogen and oxygen atoms in total. The summed E-state index contributed by atoms with van der Waals surface area (Å²) in [6, 6.07) is -0.315. The lowest BCUT2D eigenvalue weighted by atomic mass is 10.4. The Labute approximate surface area is 131 Å². The number of hydrogen-bond donors (Lipinski definition) is 2. The number of amides is 3. The first kappa shape index (κ1) is 15.9. The predicted molar refractivity (Wildman–Crippen MR) is 82.9 cm³/mol. The van der Waals surface area contributed by atoms with Gasteiger partial charge in [-0.05, 0) is 13.8 Å². The number of urea groups is 1. The van der Waals surface area contributed by atoms with E-state index < -0.39 is 0 Å².